The molecule has 0 N–H and O–H groups in total. The molecule has 0 aliphatic heterocycles. The number of tetrazole rings is 1. The van der Waals surface area contributed by atoms with Crippen molar-refractivity contribution >= 4 is 11.6 Å². The summed E-state index contributed by atoms with van der Waals surface area (Å²) >= 11 is 6.19. The van der Waals surface area contributed by atoms with Crippen molar-refractivity contribution in [3.63, 3.8) is 0 Å². The highest BCUT2D eigenvalue weighted by Crippen LogP contribution is 2.27. The summed E-state index contributed by atoms with van der Waals surface area (Å²) in [5.41, 5.74) is 0.765. The standard InChI is InChI=1S/C11H8ClFN6/c1-18-16-11(15-17-18)7-6-14-19(10(7)12)9-5-3-2-4-8(9)13/h2-6H,1H3. The third-order valence-corrected chi connectivity index (χ3v) is 2.90. The van der Waals surface area contributed by atoms with Crippen LogP contribution >= 0.6 is 11.6 Å². The summed E-state index contributed by atoms with van der Waals surface area (Å²) in [6, 6.07) is 6.23. The number of hydrogen-bond donors (Lipinski definition) is 0. The number of benzene rings is 1. The summed E-state index contributed by atoms with van der Waals surface area (Å²) in [6.07, 6.45) is 1.48. The van der Waals surface area contributed by atoms with Gasteiger partial charge in [0.25, 0.3) is 0 Å². The Balaban J connectivity index is 2.12. The SMILES string of the molecule is Cn1nnc(-c2cnn(-c3ccccc3F)c2Cl)n1. The maximum Gasteiger partial charge on any atom is 0.209 e. The summed E-state index contributed by atoms with van der Waals surface area (Å²) in [6.45, 7) is 0. The normalized spacial score (nSPS) is 10.9. The molecule has 0 atom stereocenters. The third-order valence-electron chi connectivity index (χ3n) is 2.54. The molecule has 2 heterocycles. The predicted molar refractivity (Wildman–Crippen MR) is 66.3 cm³/mol. The average Bonchev–Trinajstić information content (AvgIpc) is 2.97. The van der Waals surface area contributed by atoms with Crippen molar-refractivity contribution in [1.29, 1.82) is 0 Å². The molecule has 2 aromatic heterocycles. The minimum absolute atomic E-state index is 0.234. The van der Waals surface area contributed by atoms with Crippen molar-refractivity contribution in [2.75, 3.05) is 0 Å². The van der Waals surface area contributed by atoms with E-state index in [4.69, 9.17) is 11.6 Å². The fourth-order valence-corrected chi connectivity index (χ4v) is 1.93. The van der Waals surface area contributed by atoms with E-state index >= 15 is 0 Å². The van der Waals surface area contributed by atoms with Gasteiger partial charge >= 0.3 is 0 Å². The van der Waals surface area contributed by atoms with Gasteiger partial charge in [-0.1, -0.05) is 23.7 Å². The van der Waals surface area contributed by atoms with E-state index in [0.717, 1.165) is 0 Å². The monoisotopic (exact) mass is 278 g/mol. The molecule has 0 bridgehead atoms. The molecule has 6 nitrogen and oxygen atoms in total. The van der Waals surface area contributed by atoms with E-state index in [1.807, 2.05) is 0 Å². The Bertz CT molecular complexity index is 734. The number of para-hydroxylation sites is 1. The first kappa shape index (κ1) is 11.8. The lowest BCUT2D eigenvalue weighted by Crippen LogP contribution is -1.99. The summed E-state index contributed by atoms with van der Waals surface area (Å²) in [7, 11) is 1.64. The number of hydrogen-bond acceptors (Lipinski definition) is 4. The zero-order valence-electron chi connectivity index (χ0n) is 9.83. The van der Waals surface area contributed by atoms with Crippen molar-refractivity contribution in [3.05, 3.63) is 41.4 Å². The van der Waals surface area contributed by atoms with Crippen LogP contribution in [0.3, 0.4) is 0 Å². The summed E-state index contributed by atoms with van der Waals surface area (Å²) < 4.78 is 15.0. The molecule has 0 fully saturated rings. The first-order valence-corrected chi connectivity index (χ1v) is 5.77. The van der Waals surface area contributed by atoms with Crippen molar-refractivity contribution in [1.82, 2.24) is 30.0 Å². The molecule has 96 valence electrons. The second kappa shape index (κ2) is 4.43. The van der Waals surface area contributed by atoms with Gasteiger partial charge in [0, 0.05) is 0 Å². The molecule has 3 aromatic rings. The maximum atomic E-state index is 13.7. The molecule has 1 aromatic carbocycles. The van der Waals surface area contributed by atoms with E-state index < -0.39 is 5.82 Å². The first-order chi connectivity index (χ1) is 9.16. The highest BCUT2D eigenvalue weighted by Gasteiger charge is 2.17. The minimum Gasteiger partial charge on any atom is -0.218 e. The van der Waals surface area contributed by atoms with Crippen LogP contribution in [0.5, 0.6) is 0 Å². The molecule has 0 saturated carbocycles. The summed E-state index contributed by atoms with van der Waals surface area (Å²) in [5, 5.41) is 15.9. The number of halogens is 2. The molecule has 0 saturated heterocycles. The molecule has 8 heteroatoms. The van der Waals surface area contributed by atoms with Crippen LogP contribution < -0.4 is 0 Å². The van der Waals surface area contributed by atoms with E-state index in [2.05, 4.69) is 20.5 Å². The Labute approximate surface area is 112 Å². The van der Waals surface area contributed by atoms with Crippen LogP contribution in [0.1, 0.15) is 0 Å². The highest BCUT2D eigenvalue weighted by molar-refractivity contribution is 6.32. The Morgan fingerprint density at radius 3 is 2.74 bits per heavy atom. The van der Waals surface area contributed by atoms with Gasteiger partial charge in [-0.15, -0.1) is 10.2 Å². The van der Waals surface area contributed by atoms with Gasteiger partial charge in [0.2, 0.25) is 5.82 Å². The molecule has 0 radical (unpaired) electrons. The molecule has 0 spiro atoms. The molecule has 0 aliphatic carbocycles. The minimum atomic E-state index is -0.411. The van der Waals surface area contributed by atoms with E-state index in [9.17, 15) is 4.39 Å². The van der Waals surface area contributed by atoms with Gasteiger partial charge in [-0.05, 0) is 17.3 Å². The molecular weight excluding hydrogens is 271 g/mol. The van der Waals surface area contributed by atoms with Gasteiger partial charge in [-0.25, -0.2) is 9.07 Å². The first-order valence-electron chi connectivity index (χ1n) is 5.39. The van der Waals surface area contributed by atoms with Crippen LogP contribution in [0, 0.1) is 5.82 Å². The topological polar surface area (TPSA) is 61.4 Å². The van der Waals surface area contributed by atoms with Gasteiger partial charge in [0.15, 0.2) is 0 Å². The van der Waals surface area contributed by atoms with Crippen LogP contribution in [0.2, 0.25) is 5.15 Å². The molecule has 19 heavy (non-hydrogen) atoms. The fourth-order valence-electron chi connectivity index (χ4n) is 1.67. The quantitative estimate of drug-likeness (QED) is 0.718. The summed E-state index contributed by atoms with van der Waals surface area (Å²) in [4.78, 5) is 1.31. The maximum absolute atomic E-state index is 13.7. The smallest absolute Gasteiger partial charge is 0.209 e. The molecule has 3 rings (SSSR count). The number of aromatic nitrogens is 6. The van der Waals surface area contributed by atoms with Crippen molar-refractivity contribution < 1.29 is 4.39 Å². The fraction of sp³-hybridized carbons (Fsp3) is 0.0909. The summed E-state index contributed by atoms with van der Waals surface area (Å²) in [5.74, 6) is -0.0683. The van der Waals surface area contributed by atoms with Gasteiger partial charge in [-0.3, -0.25) is 0 Å². The largest absolute Gasteiger partial charge is 0.218 e. The second-order valence-corrected chi connectivity index (χ2v) is 4.17. The van der Waals surface area contributed by atoms with Crippen LogP contribution in [0.4, 0.5) is 4.39 Å². The lowest BCUT2D eigenvalue weighted by atomic mass is 10.3. The second-order valence-electron chi connectivity index (χ2n) is 3.81. The van der Waals surface area contributed by atoms with E-state index in [0.29, 0.717) is 11.4 Å². The van der Waals surface area contributed by atoms with Crippen molar-refractivity contribution in [2.24, 2.45) is 7.05 Å². The lowest BCUT2D eigenvalue weighted by Gasteiger charge is -2.03. The van der Waals surface area contributed by atoms with E-state index in [-0.39, 0.29) is 10.8 Å². The van der Waals surface area contributed by atoms with Crippen molar-refractivity contribution in [2.45, 2.75) is 0 Å². The van der Waals surface area contributed by atoms with Gasteiger partial charge < -0.3 is 0 Å². The number of nitrogens with zero attached hydrogens (tertiary/aromatic N) is 6. The van der Waals surface area contributed by atoms with Crippen LogP contribution in [-0.4, -0.2) is 30.0 Å². The lowest BCUT2D eigenvalue weighted by molar-refractivity contribution is 0.611. The zero-order chi connectivity index (χ0) is 13.4. The van der Waals surface area contributed by atoms with Crippen LogP contribution in [0.15, 0.2) is 30.5 Å². The Kier molecular flexibility index (Phi) is 2.75. The highest BCUT2D eigenvalue weighted by atomic mass is 35.5. The van der Waals surface area contributed by atoms with Crippen LogP contribution in [0.25, 0.3) is 17.1 Å². The van der Waals surface area contributed by atoms with Gasteiger partial charge in [-0.2, -0.15) is 9.90 Å². The average molecular weight is 279 g/mol. The zero-order valence-corrected chi connectivity index (χ0v) is 10.6. The number of aryl methyl sites for hydroxylation is 1. The molecule has 0 aliphatic rings. The van der Waals surface area contributed by atoms with Gasteiger partial charge in [0.1, 0.15) is 16.7 Å². The van der Waals surface area contributed by atoms with Crippen LogP contribution in [-0.2, 0) is 7.05 Å². The molecular formula is C11H8ClFN6. The van der Waals surface area contributed by atoms with Crippen molar-refractivity contribution in [3.8, 4) is 17.1 Å². The van der Waals surface area contributed by atoms with E-state index in [1.165, 1.54) is 21.7 Å². The molecule has 0 unspecified atom stereocenters. The Morgan fingerprint density at radius 2 is 2.05 bits per heavy atom. The van der Waals surface area contributed by atoms with E-state index in [1.54, 1.807) is 25.2 Å². The third kappa shape index (κ3) is 1.97. The Hall–Kier alpha value is -2.28. The molecule has 0 amide bonds. The number of rotatable bonds is 2. The predicted octanol–water partition coefficient (Wildman–Crippen LogP) is 1.86. The van der Waals surface area contributed by atoms with Gasteiger partial charge in [0.05, 0.1) is 18.8 Å². The Morgan fingerprint density at radius 1 is 1.26 bits per heavy atom.